The van der Waals surface area contributed by atoms with Crippen LogP contribution in [0.1, 0.15) is 50.0 Å². The fourth-order valence-electron chi connectivity index (χ4n) is 7.91. The van der Waals surface area contributed by atoms with Crippen molar-refractivity contribution in [3.8, 4) is 28.4 Å². The summed E-state index contributed by atoms with van der Waals surface area (Å²) in [5, 5.41) is 27.5. The van der Waals surface area contributed by atoms with Gasteiger partial charge in [0.15, 0.2) is 5.82 Å². The number of fused-ring (bicyclic) bond motifs is 1. The molecule has 1 aliphatic carbocycles. The van der Waals surface area contributed by atoms with E-state index in [0.717, 1.165) is 43.7 Å². The van der Waals surface area contributed by atoms with Crippen molar-refractivity contribution in [1.82, 2.24) is 30.2 Å². The quantitative estimate of drug-likeness (QED) is 0.287. The van der Waals surface area contributed by atoms with Gasteiger partial charge in [-0.15, -0.1) is 10.2 Å². The average Bonchev–Trinajstić information content (AvgIpc) is 3.62. The third-order valence-electron chi connectivity index (χ3n) is 10.5. The third kappa shape index (κ3) is 5.89. The number of piperazine rings is 1. The van der Waals surface area contributed by atoms with E-state index in [0.29, 0.717) is 73.7 Å². The summed E-state index contributed by atoms with van der Waals surface area (Å²) in [5.74, 6) is 0.730. The average molecular weight is 677 g/mol. The number of nitrogens with two attached hydrogens (primary N) is 1. The molecule has 1 atom stereocenters. The number of para-hydroxylation sites is 2. The number of carbonyl (C=O) groups excluding carboxylic acids is 3. The monoisotopic (exact) mass is 676 g/mol. The lowest BCUT2D eigenvalue weighted by atomic mass is 9.80. The molecule has 258 valence electrons. The largest absolute Gasteiger partial charge is 0.872 e. The molecule has 50 heavy (non-hydrogen) atoms. The Morgan fingerprint density at radius 1 is 0.920 bits per heavy atom. The fraction of sp³-hybridized carbons (Fsp3) is 0.389. The maximum atomic E-state index is 13.5. The van der Waals surface area contributed by atoms with Crippen molar-refractivity contribution in [3.05, 3.63) is 66.5 Å². The van der Waals surface area contributed by atoms with E-state index in [9.17, 15) is 19.5 Å². The number of piperidine rings is 1. The number of hydrogen-bond donors (Lipinski definition) is 2. The van der Waals surface area contributed by atoms with Crippen LogP contribution in [0, 0.1) is 0 Å². The molecule has 0 spiro atoms. The lowest BCUT2D eigenvalue weighted by Gasteiger charge is -2.42. The molecule has 3 amide bonds. The molecule has 2 aromatic heterocycles. The first kappa shape index (κ1) is 31.7. The zero-order chi connectivity index (χ0) is 34.4. The number of amides is 3. The highest BCUT2D eigenvalue weighted by Crippen LogP contribution is 2.45. The Morgan fingerprint density at radius 3 is 2.56 bits per heavy atom. The first-order chi connectivity index (χ1) is 24.3. The number of nitrogens with zero attached hydrogens (tertiary/aromatic N) is 7. The maximum absolute atomic E-state index is 13.5. The van der Waals surface area contributed by atoms with Gasteiger partial charge in [-0.25, -0.2) is 4.68 Å². The minimum Gasteiger partial charge on any atom is -0.872 e. The van der Waals surface area contributed by atoms with E-state index < -0.39 is 0 Å². The molecule has 4 aromatic rings. The van der Waals surface area contributed by atoms with Gasteiger partial charge >= 0.3 is 0 Å². The van der Waals surface area contributed by atoms with Crippen molar-refractivity contribution in [2.75, 3.05) is 48.3 Å². The summed E-state index contributed by atoms with van der Waals surface area (Å²) in [5.41, 5.74) is 10.2. The Hall–Kier alpha value is -5.50. The van der Waals surface area contributed by atoms with Gasteiger partial charge in [0, 0.05) is 25.6 Å². The molecule has 2 saturated heterocycles. The van der Waals surface area contributed by atoms with Crippen LogP contribution in [0.4, 0.5) is 17.2 Å². The van der Waals surface area contributed by atoms with Crippen LogP contribution in [0.15, 0.2) is 60.9 Å². The van der Waals surface area contributed by atoms with E-state index in [1.165, 1.54) is 11.6 Å². The predicted octanol–water partition coefficient (Wildman–Crippen LogP) is 2.36. The Morgan fingerprint density at radius 2 is 1.76 bits per heavy atom. The number of carbonyl (C=O) groups is 3. The van der Waals surface area contributed by atoms with E-state index in [-0.39, 0.29) is 35.3 Å². The van der Waals surface area contributed by atoms with Crippen LogP contribution in [0.2, 0.25) is 0 Å². The Balaban J connectivity index is 0.905. The van der Waals surface area contributed by atoms with Gasteiger partial charge in [0.05, 0.1) is 42.6 Å². The summed E-state index contributed by atoms with van der Waals surface area (Å²) in [6, 6.07) is 14.4. The second-order valence-electron chi connectivity index (χ2n) is 13.4. The lowest BCUT2D eigenvalue weighted by Crippen LogP contribution is -2.54. The van der Waals surface area contributed by atoms with Crippen LogP contribution in [-0.4, -0.2) is 87.5 Å². The highest BCUT2D eigenvalue weighted by molar-refractivity contribution is 6.02. The second-order valence-corrected chi connectivity index (χ2v) is 13.4. The second kappa shape index (κ2) is 13.1. The maximum Gasteiger partial charge on any atom is 0.249 e. The molecule has 8 rings (SSSR count). The fourth-order valence-corrected chi connectivity index (χ4v) is 7.91. The van der Waals surface area contributed by atoms with Crippen LogP contribution < -0.4 is 30.7 Å². The van der Waals surface area contributed by atoms with Crippen molar-refractivity contribution in [3.63, 3.8) is 0 Å². The number of benzene rings is 2. The highest BCUT2D eigenvalue weighted by Gasteiger charge is 2.37. The SMILES string of the molecule is Nc1nnc(-c2ccccc2[O-])cc1-n1cc(N2CCN(C3CCC(c4cccc5c4OCCN5[C@H]4CCC(=O)NC4=O)CC3)CC2=O)cn1. The van der Waals surface area contributed by atoms with Crippen LogP contribution in [-0.2, 0) is 14.4 Å². The molecule has 4 aliphatic rings. The van der Waals surface area contributed by atoms with E-state index in [4.69, 9.17) is 10.5 Å². The summed E-state index contributed by atoms with van der Waals surface area (Å²) in [6.45, 7) is 2.71. The van der Waals surface area contributed by atoms with Crippen LogP contribution in [0.25, 0.3) is 16.9 Å². The summed E-state index contributed by atoms with van der Waals surface area (Å²) in [7, 11) is 0. The van der Waals surface area contributed by atoms with Crippen LogP contribution in [0.5, 0.6) is 11.5 Å². The summed E-state index contributed by atoms with van der Waals surface area (Å²) >= 11 is 0. The van der Waals surface area contributed by atoms with Crippen molar-refractivity contribution < 1.29 is 24.2 Å². The van der Waals surface area contributed by atoms with Crippen molar-refractivity contribution in [2.45, 2.75) is 56.5 Å². The molecular formula is C36H38N9O5-. The topological polar surface area (TPSA) is 175 Å². The Kier molecular flexibility index (Phi) is 8.31. The number of aromatic nitrogens is 4. The molecule has 14 nitrogen and oxygen atoms in total. The zero-order valence-corrected chi connectivity index (χ0v) is 27.5. The minimum absolute atomic E-state index is 0.0128. The molecule has 2 aromatic carbocycles. The molecule has 0 bridgehead atoms. The lowest BCUT2D eigenvalue weighted by molar-refractivity contribution is -0.267. The summed E-state index contributed by atoms with van der Waals surface area (Å²) in [4.78, 5) is 44.1. The van der Waals surface area contributed by atoms with E-state index in [1.54, 1.807) is 46.2 Å². The standard InChI is InChI=1S/C36H39N9O5/c37-35-30(18-27(40-41-35)26-4-1-2-7-31(26)46)45-20-24(19-38-45)43-15-14-42(21-33(43)48)23-10-8-22(9-11-23)25-5-3-6-28-34(25)50-17-16-44(28)29-12-13-32(47)39-36(29)49/h1-7,18-20,22-23,29,46H,8-17,21H2,(H2,37,41)(H,39,47,49)/p-1/t22?,23?,29-/m0/s1. The molecule has 14 heteroatoms. The van der Waals surface area contributed by atoms with Crippen LogP contribution >= 0.6 is 0 Å². The molecule has 3 fully saturated rings. The van der Waals surface area contributed by atoms with Gasteiger partial charge in [-0.3, -0.25) is 24.6 Å². The summed E-state index contributed by atoms with van der Waals surface area (Å²) in [6.07, 6.45) is 8.14. The number of imide groups is 1. The van der Waals surface area contributed by atoms with Crippen LogP contribution in [0.3, 0.4) is 0 Å². The van der Waals surface area contributed by atoms with E-state index in [2.05, 4.69) is 36.5 Å². The highest BCUT2D eigenvalue weighted by atomic mass is 16.5. The molecule has 3 aliphatic heterocycles. The number of ether oxygens (including phenoxy) is 1. The number of nitrogen functional groups attached to an aromatic ring is 1. The van der Waals surface area contributed by atoms with Gasteiger partial charge < -0.3 is 25.4 Å². The smallest absolute Gasteiger partial charge is 0.249 e. The number of anilines is 3. The van der Waals surface area contributed by atoms with Gasteiger partial charge in [-0.05, 0) is 61.3 Å². The third-order valence-corrected chi connectivity index (χ3v) is 10.5. The zero-order valence-electron chi connectivity index (χ0n) is 27.5. The summed E-state index contributed by atoms with van der Waals surface area (Å²) < 4.78 is 7.79. The van der Waals surface area contributed by atoms with Gasteiger partial charge in [0.25, 0.3) is 0 Å². The van der Waals surface area contributed by atoms with E-state index >= 15 is 0 Å². The molecule has 3 N–H and O–H groups in total. The predicted molar refractivity (Wildman–Crippen MR) is 183 cm³/mol. The molecular weight excluding hydrogens is 638 g/mol. The number of hydrogen-bond acceptors (Lipinski definition) is 11. The number of nitrogens with one attached hydrogen (secondary N) is 1. The Bertz CT molecular complexity index is 1960. The van der Waals surface area contributed by atoms with Gasteiger partial charge in [0.2, 0.25) is 17.7 Å². The first-order valence-corrected chi connectivity index (χ1v) is 17.2. The van der Waals surface area contributed by atoms with Crippen molar-refractivity contribution in [1.29, 1.82) is 0 Å². The molecule has 0 unspecified atom stereocenters. The van der Waals surface area contributed by atoms with Gasteiger partial charge in [0.1, 0.15) is 24.1 Å². The van der Waals surface area contributed by atoms with Crippen molar-refractivity contribution >= 4 is 34.9 Å². The van der Waals surface area contributed by atoms with Gasteiger partial charge in [-0.1, -0.05) is 42.1 Å². The first-order valence-electron chi connectivity index (χ1n) is 17.2. The minimum atomic E-state index is -0.377. The molecule has 1 saturated carbocycles. The van der Waals surface area contributed by atoms with Crippen molar-refractivity contribution in [2.24, 2.45) is 0 Å². The molecule has 0 radical (unpaired) electrons. The Labute approximate surface area is 288 Å². The van der Waals surface area contributed by atoms with E-state index in [1.807, 2.05) is 12.1 Å². The molecule has 5 heterocycles. The normalized spacial score (nSPS) is 23.0. The number of rotatable bonds is 6. The van der Waals surface area contributed by atoms with Gasteiger partial charge in [-0.2, -0.15) is 5.10 Å².